The molecule has 2 N–H and O–H groups in total. The minimum absolute atomic E-state index is 0.0284. The molecule has 0 aliphatic rings. The van der Waals surface area contributed by atoms with E-state index in [4.69, 9.17) is 4.42 Å². The molecule has 0 saturated heterocycles. The molecule has 8 nitrogen and oxygen atoms in total. The number of aryl methyl sites for hydroxylation is 1. The Hall–Kier alpha value is -2.91. The number of rotatable bonds is 6. The number of hydrogen-bond acceptors (Lipinski definition) is 5. The van der Waals surface area contributed by atoms with Crippen molar-refractivity contribution in [3.05, 3.63) is 59.1 Å². The number of hydrogen-bond donors (Lipinski definition) is 2. The van der Waals surface area contributed by atoms with E-state index in [1.807, 2.05) is 0 Å². The largest absolute Gasteiger partial charge is 0.419 e. The highest BCUT2D eigenvalue weighted by Crippen LogP contribution is 2.18. The van der Waals surface area contributed by atoms with Gasteiger partial charge in [-0.15, -0.1) is 0 Å². The van der Waals surface area contributed by atoms with Gasteiger partial charge in [0, 0.05) is 24.2 Å². The second-order valence-corrected chi connectivity index (χ2v) is 9.35. The van der Waals surface area contributed by atoms with Gasteiger partial charge < -0.3 is 9.73 Å². The maximum Gasteiger partial charge on any atom is 0.419 e. The van der Waals surface area contributed by atoms with Crippen LogP contribution in [0.4, 0.5) is 5.69 Å². The van der Waals surface area contributed by atoms with Crippen LogP contribution < -0.4 is 15.8 Å². The number of fused-ring (bicyclic) bond motifs is 1. The lowest BCUT2D eigenvalue weighted by molar-refractivity contribution is -0.116. The van der Waals surface area contributed by atoms with Gasteiger partial charge in [-0.3, -0.25) is 9.36 Å². The number of sulfonamides is 1. The van der Waals surface area contributed by atoms with E-state index in [0.717, 1.165) is 0 Å². The second-order valence-electron chi connectivity index (χ2n) is 7.67. The predicted molar refractivity (Wildman–Crippen MR) is 110 cm³/mol. The third-order valence-electron chi connectivity index (χ3n) is 4.00. The fourth-order valence-corrected chi connectivity index (χ4v) is 4.33. The number of amides is 1. The van der Waals surface area contributed by atoms with Crippen LogP contribution in [0.3, 0.4) is 0 Å². The Morgan fingerprint density at radius 2 is 1.83 bits per heavy atom. The molecule has 0 radical (unpaired) electrons. The van der Waals surface area contributed by atoms with Crippen LogP contribution in [0.25, 0.3) is 11.1 Å². The molecule has 0 aliphatic carbocycles. The molecular weight excluding hydrogens is 394 g/mol. The highest BCUT2D eigenvalue weighted by molar-refractivity contribution is 7.89. The van der Waals surface area contributed by atoms with E-state index in [1.54, 1.807) is 57.2 Å². The molecule has 0 atom stereocenters. The van der Waals surface area contributed by atoms with Crippen molar-refractivity contribution in [1.82, 2.24) is 9.29 Å². The average Bonchev–Trinajstić information content (AvgIpc) is 2.93. The fraction of sp³-hybridized carbons (Fsp3) is 0.300. The standard InChI is InChI=1S/C20H23N3O5S/c1-20(2,3)22-29(26,27)15-8-6-7-14(13-15)21-18(24)11-12-23-16-9-4-5-10-17(16)28-19(23)25/h4-10,13,22H,11-12H2,1-3H3,(H,21,24). The van der Waals surface area contributed by atoms with Crippen molar-refractivity contribution in [2.24, 2.45) is 0 Å². The number of aromatic nitrogens is 1. The van der Waals surface area contributed by atoms with Gasteiger partial charge >= 0.3 is 5.76 Å². The molecule has 154 valence electrons. The van der Waals surface area contributed by atoms with Crippen LogP contribution in [-0.2, 0) is 21.4 Å². The van der Waals surface area contributed by atoms with Crippen LogP contribution in [0.5, 0.6) is 0 Å². The average molecular weight is 417 g/mol. The monoisotopic (exact) mass is 417 g/mol. The number of para-hydroxylation sites is 2. The highest BCUT2D eigenvalue weighted by Gasteiger charge is 2.22. The van der Waals surface area contributed by atoms with Gasteiger partial charge in [-0.2, -0.15) is 0 Å². The van der Waals surface area contributed by atoms with Crippen LogP contribution in [0.1, 0.15) is 27.2 Å². The van der Waals surface area contributed by atoms with E-state index in [9.17, 15) is 18.0 Å². The fourth-order valence-electron chi connectivity index (χ4n) is 2.87. The highest BCUT2D eigenvalue weighted by atomic mass is 32.2. The van der Waals surface area contributed by atoms with Crippen molar-refractivity contribution >= 4 is 32.7 Å². The Labute approximate surface area is 168 Å². The number of nitrogens with zero attached hydrogens (tertiary/aromatic N) is 1. The molecule has 0 spiro atoms. The van der Waals surface area contributed by atoms with Gasteiger partial charge in [0.2, 0.25) is 15.9 Å². The summed E-state index contributed by atoms with van der Waals surface area (Å²) < 4.78 is 34.0. The van der Waals surface area contributed by atoms with Gasteiger partial charge in [0.05, 0.1) is 10.4 Å². The molecule has 29 heavy (non-hydrogen) atoms. The van der Waals surface area contributed by atoms with E-state index >= 15 is 0 Å². The summed E-state index contributed by atoms with van der Waals surface area (Å²) in [6, 6.07) is 13.0. The molecule has 1 heterocycles. The zero-order valence-corrected chi connectivity index (χ0v) is 17.2. The smallest absolute Gasteiger partial charge is 0.408 e. The number of carbonyl (C=O) groups excluding carboxylic acids is 1. The second kappa shape index (κ2) is 7.84. The lowest BCUT2D eigenvalue weighted by atomic mass is 10.1. The molecule has 3 aromatic rings. The van der Waals surface area contributed by atoms with Crippen LogP contribution >= 0.6 is 0 Å². The SMILES string of the molecule is CC(C)(C)NS(=O)(=O)c1cccc(NC(=O)CCn2c(=O)oc3ccccc32)c1. The summed E-state index contributed by atoms with van der Waals surface area (Å²) in [6.07, 6.45) is 0.0284. The number of benzene rings is 2. The molecule has 0 unspecified atom stereocenters. The molecule has 3 rings (SSSR count). The van der Waals surface area contributed by atoms with E-state index in [-0.39, 0.29) is 23.8 Å². The summed E-state index contributed by atoms with van der Waals surface area (Å²) in [6.45, 7) is 5.39. The van der Waals surface area contributed by atoms with Gasteiger partial charge in [-0.1, -0.05) is 18.2 Å². The third kappa shape index (κ3) is 5.12. The van der Waals surface area contributed by atoms with Gasteiger partial charge in [-0.05, 0) is 51.1 Å². The first-order chi connectivity index (χ1) is 13.5. The molecule has 0 aliphatic heterocycles. The number of anilines is 1. The Bertz CT molecular complexity index is 1200. The maximum absolute atomic E-state index is 12.5. The van der Waals surface area contributed by atoms with Crippen molar-refractivity contribution in [1.29, 1.82) is 0 Å². The molecule has 0 fully saturated rings. The van der Waals surface area contributed by atoms with Crippen molar-refractivity contribution in [2.75, 3.05) is 5.32 Å². The maximum atomic E-state index is 12.5. The van der Waals surface area contributed by atoms with Crippen molar-refractivity contribution in [3.8, 4) is 0 Å². The number of oxazole rings is 1. The van der Waals surface area contributed by atoms with E-state index in [0.29, 0.717) is 16.8 Å². The number of carbonyl (C=O) groups is 1. The minimum atomic E-state index is -3.71. The Balaban J connectivity index is 1.70. The topological polar surface area (TPSA) is 110 Å². The normalized spacial score (nSPS) is 12.2. The summed E-state index contributed by atoms with van der Waals surface area (Å²) in [7, 11) is -3.71. The first-order valence-electron chi connectivity index (χ1n) is 9.07. The Morgan fingerprint density at radius 1 is 1.10 bits per heavy atom. The molecule has 2 aromatic carbocycles. The summed E-state index contributed by atoms with van der Waals surface area (Å²) in [5.41, 5.74) is 0.809. The Kier molecular flexibility index (Phi) is 5.63. The van der Waals surface area contributed by atoms with Crippen LogP contribution in [0, 0.1) is 0 Å². The summed E-state index contributed by atoms with van der Waals surface area (Å²) in [5.74, 6) is -0.874. The number of nitrogens with one attached hydrogen (secondary N) is 2. The molecule has 0 saturated carbocycles. The van der Waals surface area contributed by atoms with E-state index in [2.05, 4.69) is 10.0 Å². The molecule has 9 heteroatoms. The van der Waals surface area contributed by atoms with E-state index in [1.165, 1.54) is 16.7 Å². The lowest BCUT2D eigenvalue weighted by Gasteiger charge is -2.20. The van der Waals surface area contributed by atoms with Crippen molar-refractivity contribution in [3.63, 3.8) is 0 Å². The van der Waals surface area contributed by atoms with Crippen LogP contribution in [0.2, 0.25) is 0 Å². The van der Waals surface area contributed by atoms with Gasteiger partial charge in [0.1, 0.15) is 0 Å². The van der Waals surface area contributed by atoms with Gasteiger partial charge in [0.15, 0.2) is 5.58 Å². The van der Waals surface area contributed by atoms with E-state index < -0.39 is 21.3 Å². The zero-order chi connectivity index (χ0) is 21.2. The van der Waals surface area contributed by atoms with Gasteiger partial charge in [-0.25, -0.2) is 17.9 Å². The summed E-state index contributed by atoms with van der Waals surface area (Å²) in [4.78, 5) is 24.3. The molecule has 0 bridgehead atoms. The first-order valence-corrected chi connectivity index (χ1v) is 10.6. The zero-order valence-electron chi connectivity index (χ0n) is 16.4. The van der Waals surface area contributed by atoms with Crippen LogP contribution in [-0.4, -0.2) is 24.4 Å². The molecule has 1 aromatic heterocycles. The van der Waals surface area contributed by atoms with Crippen molar-refractivity contribution < 1.29 is 17.6 Å². The lowest BCUT2D eigenvalue weighted by Crippen LogP contribution is -2.40. The molecule has 1 amide bonds. The summed E-state index contributed by atoms with van der Waals surface area (Å²) >= 11 is 0. The summed E-state index contributed by atoms with van der Waals surface area (Å²) in [5, 5.41) is 2.67. The quantitative estimate of drug-likeness (QED) is 0.641. The minimum Gasteiger partial charge on any atom is -0.408 e. The Morgan fingerprint density at radius 3 is 2.55 bits per heavy atom. The first kappa shape index (κ1) is 20.8. The third-order valence-corrected chi connectivity index (χ3v) is 5.76. The molecular formula is C20H23N3O5S. The van der Waals surface area contributed by atoms with Gasteiger partial charge in [0.25, 0.3) is 0 Å². The van der Waals surface area contributed by atoms with Crippen molar-refractivity contribution in [2.45, 2.75) is 44.2 Å². The predicted octanol–water partition coefficient (Wildman–Crippen LogP) is 2.70. The van der Waals surface area contributed by atoms with Crippen LogP contribution in [0.15, 0.2) is 62.6 Å².